The Morgan fingerprint density at radius 1 is 1.04 bits per heavy atom. The second-order valence-electron chi connectivity index (χ2n) is 6.24. The Morgan fingerprint density at radius 3 is 2.54 bits per heavy atom. The highest BCUT2D eigenvalue weighted by atomic mass is 32.2. The number of fused-ring (bicyclic) bond motifs is 1. The lowest BCUT2D eigenvalue weighted by Crippen LogP contribution is -2.17. The predicted octanol–water partition coefficient (Wildman–Crippen LogP) is 4.85. The van der Waals surface area contributed by atoms with Crippen LogP contribution in [0.15, 0.2) is 58.8 Å². The number of benzene rings is 2. The first-order chi connectivity index (χ1) is 12.5. The number of hydrogen-bond acceptors (Lipinski definition) is 4. The molecule has 0 radical (unpaired) electrons. The molecule has 4 nitrogen and oxygen atoms in total. The van der Waals surface area contributed by atoms with E-state index in [0.717, 1.165) is 28.2 Å². The van der Waals surface area contributed by atoms with E-state index in [-0.39, 0.29) is 0 Å². The number of rotatable bonds is 4. The van der Waals surface area contributed by atoms with E-state index >= 15 is 0 Å². The molecule has 0 atom stereocenters. The largest absolute Gasteiger partial charge is 0.280 e. The van der Waals surface area contributed by atoms with Gasteiger partial charge in [0.05, 0.1) is 15.6 Å². The fraction of sp³-hybridized carbons (Fsp3) is 0.150. The monoisotopic (exact) mass is 382 g/mol. The number of thiazole rings is 1. The van der Waals surface area contributed by atoms with Gasteiger partial charge in [0.15, 0.2) is 0 Å². The zero-order chi connectivity index (χ0) is 18.1. The summed E-state index contributed by atoms with van der Waals surface area (Å²) in [7, 11) is -3.55. The topological polar surface area (TPSA) is 59.1 Å². The standard InChI is InChI=1S/C20H18N2O2S2/c1-14-21-20(13-25-14)16-6-9-18(10-7-16)22-26(23,24)19-11-8-15-4-2-3-5-17(15)12-19/h2-7,9-10,12-13,22H,8,11H2,1H3. The number of hydrogen-bond donors (Lipinski definition) is 1. The Kier molecular flexibility index (Phi) is 4.38. The van der Waals surface area contributed by atoms with Crippen molar-refractivity contribution in [2.45, 2.75) is 19.8 Å². The molecular formula is C20H18N2O2S2. The molecule has 0 unspecified atom stereocenters. The van der Waals surface area contributed by atoms with Crippen LogP contribution in [0, 0.1) is 6.92 Å². The molecule has 26 heavy (non-hydrogen) atoms. The molecule has 1 aliphatic carbocycles. The quantitative estimate of drug-likeness (QED) is 0.702. The summed E-state index contributed by atoms with van der Waals surface area (Å²) in [6.07, 6.45) is 3.03. The second kappa shape index (κ2) is 6.70. The summed E-state index contributed by atoms with van der Waals surface area (Å²) in [5.41, 5.74) is 4.61. The van der Waals surface area contributed by atoms with Gasteiger partial charge in [-0.15, -0.1) is 11.3 Å². The minimum atomic E-state index is -3.55. The van der Waals surface area contributed by atoms with Crippen LogP contribution in [0.1, 0.15) is 22.6 Å². The van der Waals surface area contributed by atoms with Crippen LogP contribution < -0.4 is 4.72 Å². The smallest absolute Gasteiger partial charge is 0.258 e. The summed E-state index contributed by atoms with van der Waals surface area (Å²) in [5, 5.41) is 3.01. The van der Waals surface area contributed by atoms with Crippen molar-refractivity contribution >= 4 is 33.1 Å². The predicted molar refractivity (Wildman–Crippen MR) is 108 cm³/mol. The first-order valence-corrected chi connectivity index (χ1v) is 10.7. The van der Waals surface area contributed by atoms with Crippen LogP contribution in [-0.4, -0.2) is 13.4 Å². The first kappa shape index (κ1) is 17.0. The lowest BCUT2D eigenvalue weighted by molar-refractivity contribution is 0.605. The van der Waals surface area contributed by atoms with Crippen LogP contribution >= 0.6 is 11.3 Å². The first-order valence-electron chi connectivity index (χ1n) is 8.35. The molecule has 2 aromatic carbocycles. The molecule has 4 rings (SSSR count). The van der Waals surface area contributed by atoms with E-state index in [1.807, 2.05) is 48.7 Å². The highest BCUT2D eigenvalue weighted by Gasteiger charge is 2.21. The van der Waals surface area contributed by atoms with E-state index in [4.69, 9.17) is 0 Å². The number of nitrogens with zero attached hydrogens (tertiary/aromatic N) is 1. The van der Waals surface area contributed by atoms with Crippen LogP contribution in [0.3, 0.4) is 0 Å². The Morgan fingerprint density at radius 2 is 1.81 bits per heavy atom. The van der Waals surface area contributed by atoms with Crippen LogP contribution in [0.2, 0.25) is 0 Å². The molecule has 1 heterocycles. The number of anilines is 1. The van der Waals surface area contributed by atoms with Crippen molar-refractivity contribution < 1.29 is 8.42 Å². The van der Waals surface area contributed by atoms with Crippen LogP contribution in [0.25, 0.3) is 17.3 Å². The third kappa shape index (κ3) is 3.43. The molecule has 0 bridgehead atoms. The van der Waals surface area contributed by atoms with Gasteiger partial charge >= 0.3 is 0 Å². The third-order valence-corrected chi connectivity index (χ3v) is 6.70. The molecule has 3 aromatic rings. The summed E-state index contributed by atoms with van der Waals surface area (Å²) < 4.78 is 28.2. The maximum Gasteiger partial charge on any atom is 0.258 e. The normalized spacial score (nSPS) is 13.8. The second-order valence-corrected chi connectivity index (χ2v) is 9.04. The molecule has 132 valence electrons. The molecule has 1 aromatic heterocycles. The van der Waals surface area contributed by atoms with Gasteiger partial charge < -0.3 is 0 Å². The number of nitrogens with one attached hydrogen (secondary N) is 1. The maximum atomic E-state index is 12.7. The van der Waals surface area contributed by atoms with Crippen molar-refractivity contribution in [3.05, 3.63) is 75.0 Å². The molecular weight excluding hydrogens is 364 g/mol. The Hall–Kier alpha value is -2.44. The molecule has 6 heteroatoms. The van der Waals surface area contributed by atoms with Crippen molar-refractivity contribution in [2.24, 2.45) is 0 Å². The Labute approximate surface area is 157 Å². The number of aryl methyl sites for hydroxylation is 2. The van der Waals surface area contributed by atoms with E-state index in [9.17, 15) is 8.42 Å². The van der Waals surface area contributed by atoms with Crippen molar-refractivity contribution in [3.8, 4) is 11.3 Å². The van der Waals surface area contributed by atoms with Crippen LogP contribution in [0.5, 0.6) is 0 Å². The van der Waals surface area contributed by atoms with Gasteiger partial charge in [-0.1, -0.05) is 36.4 Å². The molecule has 0 saturated carbocycles. The summed E-state index contributed by atoms with van der Waals surface area (Å²) in [5.74, 6) is 0. The summed E-state index contributed by atoms with van der Waals surface area (Å²) in [6, 6.07) is 15.2. The molecule has 0 spiro atoms. The van der Waals surface area contributed by atoms with Gasteiger partial charge in [0.2, 0.25) is 0 Å². The average Bonchev–Trinajstić information content (AvgIpc) is 3.08. The van der Waals surface area contributed by atoms with Crippen LogP contribution in [0.4, 0.5) is 5.69 Å². The molecule has 0 saturated heterocycles. The van der Waals surface area contributed by atoms with Gasteiger partial charge in [0, 0.05) is 16.6 Å². The molecule has 0 fully saturated rings. The summed E-state index contributed by atoms with van der Waals surface area (Å²) >= 11 is 1.60. The van der Waals surface area contributed by atoms with Gasteiger partial charge in [-0.2, -0.15) is 0 Å². The average molecular weight is 383 g/mol. The molecule has 0 amide bonds. The minimum absolute atomic E-state index is 0.426. The number of allylic oxidation sites excluding steroid dienone is 1. The maximum absolute atomic E-state index is 12.7. The number of sulfonamides is 1. The fourth-order valence-electron chi connectivity index (χ4n) is 3.04. The summed E-state index contributed by atoms with van der Waals surface area (Å²) in [4.78, 5) is 4.88. The van der Waals surface area contributed by atoms with E-state index in [2.05, 4.69) is 9.71 Å². The van der Waals surface area contributed by atoms with Crippen molar-refractivity contribution in [3.63, 3.8) is 0 Å². The van der Waals surface area contributed by atoms with E-state index < -0.39 is 10.0 Å². The zero-order valence-corrected chi connectivity index (χ0v) is 15.9. The van der Waals surface area contributed by atoms with E-state index in [0.29, 0.717) is 17.0 Å². The van der Waals surface area contributed by atoms with Gasteiger partial charge in [0.1, 0.15) is 0 Å². The molecule has 0 aliphatic heterocycles. The van der Waals surface area contributed by atoms with Gasteiger partial charge in [-0.05, 0) is 49.1 Å². The fourth-order valence-corrected chi connectivity index (χ4v) is 4.90. The lowest BCUT2D eigenvalue weighted by atomic mass is 9.98. The molecule has 1 aliphatic rings. The SMILES string of the molecule is Cc1nc(-c2ccc(NS(=O)(=O)C3=Cc4ccccc4CC3)cc2)cs1. The van der Waals surface area contributed by atoms with E-state index in [1.165, 1.54) is 5.56 Å². The summed E-state index contributed by atoms with van der Waals surface area (Å²) in [6.45, 7) is 1.96. The Balaban J connectivity index is 1.56. The number of aromatic nitrogens is 1. The Bertz CT molecular complexity index is 1080. The highest BCUT2D eigenvalue weighted by molar-refractivity contribution is 7.96. The zero-order valence-electron chi connectivity index (χ0n) is 14.3. The van der Waals surface area contributed by atoms with Crippen molar-refractivity contribution in [2.75, 3.05) is 4.72 Å². The van der Waals surface area contributed by atoms with Gasteiger partial charge in [-0.3, -0.25) is 4.72 Å². The molecule has 1 N–H and O–H groups in total. The lowest BCUT2D eigenvalue weighted by Gasteiger charge is -2.17. The third-order valence-electron chi connectivity index (χ3n) is 4.41. The van der Waals surface area contributed by atoms with Gasteiger partial charge in [0.25, 0.3) is 10.0 Å². The van der Waals surface area contributed by atoms with Crippen LogP contribution in [-0.2, 0) is 16.4 Å². The van der Waals surface area contributed by atoms with E-state index in [1.54, 1.807) is 29.5 Å². The van der Waals surface area contributed by atoms with Gasteiger partial charge in [-0.25, -0.2) is 13.4 Å². The highest BCUT2D eigenvalue weighted by Crippen LogP contribution is 2.29. The minimum Gasteiger partial charge on any atom is -0.280 e. The van der Waals surface area contributed by atoms with Crippen molar-refractivity contribution in [1.82, 2.24) is 4.98 Å². The van der Waals surface area contributed by atoms with Crippen molar-refractivity contribution in [1.29, 1.82) is 0 Å².